The monoisotopic (exact) mass is 224 g/mol. The molecule has 0 saturated carbocycles. The Morgan fingerprint density at radius 2 is 2.25 bits per heavy atom. The Hall–Kier alpha value is -1.36. The van der Waals surface area contributed by atoms with E-state index >= 15 is 0 Å². The number of likely N-dealkylation sites (N-methyl/N-ethyl adjacent to an activating group) is 1. The molecule has 0 fully saturated rings. The summed E-state index contributed by atoms with van der Waals surface area (Å²) in [7, 11) is 4.06. The van der Waals surface area contributed by atoms with Crippen LogP contribution in [0.3, 0.4) is 0 Å². The molecule has 0 bridgehead atoms. The van der Waals surface area contributed by atoms with E-state index in [1.165, 1.54) is 0 Å². The van der Waals surface area contributed by atoms with Gasteiger partial charge in [-0.1, -0.05) is 6.92 Å². The maximum atomic E-state index is 5.42. The van der Waals surface area contributed by atoms with Gasteiger partial charge >= 0.3 is 0 Å². The second kappa shape index (κ2) is 7.00. The van der Waals surface area contributed by atoms with E-state index in [1.54, 1.807) is 12.3 Å². The summed E-state index contributed by atoms with van der Waals surface area (Å²) < 4.78 is 5.42. The normalized spacial score (nSPS) is 10.5. The van der Waals surface area contributed by atoms with Gasteiger partial charge in [0.05, 0.1) is 6.61 Å². The van der Waals surface area contributed by atoms with E-state index in [4.69, 9.17) is 4.74 Å². The van der Waals surface area contributed by atoms with Crippen LogP contribution in [0, 0.1) is 0 Å². The fraction of sp³-hybridized carbons (Fsp3) is 0.636. The van der Waals surface area contributed by atoms with Crippen LogP contribution >= 0.6 is 0 Å². The van der Waals surface area contributed by atoms with Crippen molar-refractivity contribution in [2.45, 2.75) is 13.3 Å². The molecule has 0 aliphatic heterocycles. The summed E-state index contributed by atoms with van der Waals surface area (Å²) in [5, 5.41) is 3.15. The fourth-order valence-electron chi connectivity index (χ4n) is 1.11. The summed E-state index contributed by atoms with van der Waals surface area (Å²) in [6.07, 6.45) is 2.68. The van der Waals surface area contributed by atoms with Crippen LogP contribution in [0.1, 0.15) is 13.3 Å². The zero-order valence-electron chi connectivity index (χ0n) is 10.2. The van der Waals surface area contributed by atoms with Crippen LogP contribution in [0.4, 0.5) is 5.95 Å². The zero-order chi connectivity index (χ0) is 11.8. The van der Waals surface area contributed by atoms with Crippen molar-refractivity contribution < 1.29 is 4.74 Å². The van der Waals surface area contributed by atoms with E-state index in [0.717, 1.165) is 19.5 Å². The predicted molar refractivity (Wildman–Crippen MR) is 64.9 cm³/mol. The SMILES string of the molecule is CCCOc1ccnc(NCCN(C)C)n1. The topological polar surface area (TPSA) is 50.3 Å². The minimum absolute atomic E-state index is 0.621. The van der Waals surface area contributed by atoms with Crippen LogP contribution in [0.2, 0.25) is 0 Å². The Morgan fingerprint density at radius 3 is 2.94 bits per heavy atom. The van der Waals surface area contributed by atoms with Gasteiger partial charge in [-0.25, -0.2) is 4.98 Å². The molecule has 1 aromatic rings. The largest absolute Gasteiger partial charge is 0.478 e. The van der Waals surface area contributed by atoms with Gasteiger partial charge < -0.3 is 15.0 Å². The molecule has 0 saturated heterocycles. The molecular formula is C11H20N4O. The molecule has 0 radical (unpaired) electrons. The lowest BCUT2D eigenvalue weighted by Gasteiger charge is -2.10. The summed E-state index contributed by atoms with van der Waals surface area (Å²) in [4.78, 5) is 10.5. The second-order valence-electron chi connectivity index (χ2n) is 3.80. The number of rotatable bonds is 7. The van der Waals surface area contributed by atoms with Gasteiger partial charge in [0.15, 0.2) is 0 Å². The summed E-state index contributed by atoms with van der Waals surface area (Å²) in [5.41, 5.74) is 0. The third kappa shape index (κ3) is 4.93. The Labute approximate surface area is 96.8 Å². The number of anilines is 1. The second-order valence-corrected chi connectivity index (χ2v) is 3.80. The quantitative estimate of drug-likeness (QED) is 0.755. The highest BCUT2D eigenvalue weighted by atomic mass is 16.5. The van der Waals surface area contributed by atoms with Gasteiger partial charge in [-0.05, 0) is 20.5 Å². The van der Waals surface area contributed by atoms with Crippen molar-refractivity contribution in [1.82, 2.24) is 14.9 Å². The molecule has 1 rings (SSSR count). The highest BCUT2D eigenvalue weighted by Gasteiger charge is 1.99. The van der Waals surface area contributed by atoms with Gasteiger partial charge in [0, 0.05) is 25.4 Å². The standard InChI is InChI=1S/C11H20N4O/c1-4-9-16-10-5-6-12-11(14-10)13-7-8-15(2)3/h5-6H,4,7-9H2,1-3H3,(H,12,13,14). The first kappa shape index (κ1) is 12.7. The minimum atomic E-state index is 0.621. The third-order valence-electron chi connectivity index (χ3n) is 1.93. The number of ether oxygens (including phenoxy) is 1. The first-order valence-corrected chi connectivity index (χ1v) is 5.57. The number of nitrogens with zero attached hydrogens (tertiary/aromatic N) is 3. The highest BCUT2D eigenvalue weighted by Crippen LogP contribution is 2.08. The van der Waals surface area contributed by atoms with Crippen LogP contribution in [-0.4, -0.2) is 48.7 Å². The van der Waals surface area contributed by atoms with E-state index in [0.29, 0.717) is 18.4 Å². The molecule has 1 N–H and O–H groups in total. The summed E-state index contributed by atoms with van der Waals surface area (Å²) >= 11 is 0. The number of nitrogens with one attached hydrogen (secondary N) is 1. The smallest absolute Gasteiger partial charge is 0.225 e. The fourth-order valence-corrected chi connectivity index (χ4v) is 1.11. The third-order valence-corrected chi connectivity index (χ3v) is 1.93. The van der Waals surface area contributed by atoms with Gasteiger partial charge in [0.2, 0.25) is 11.8 Å². The van der Waals surface area contributed by atoms with Crippen molar-refractivity contribution in [3.8, 4) is 5.88 Å². The maximum absolute atomic E-state index is 5.42. The number of hydrogen-bond donors (Lipinski definition) is 1. The molecule has 0 aromatic carbocycles. The Morgan fingerprint density at radius 1 is 1.44 bits per heavy atom. The molecular weight excluding hydrogens is 204 g/mol. The molecule has 0 amide bonds. The van der Waals surface area contributed by atoms with E-state index in [2.05, 4.69) is 27.1 Å². The highest BCUT2D eigenvalue weighted by molar-refractivity contribution is 5.27. The van der Waals surface area contributed by atoms with Crippen molar-refractivity contribution in [1.29, 1.82) is 0 Å². The van der Waals surface area contributed by atoms with Gasteiger partial charge in [0.1, 0.15) is 0 Å². The molecule has 0 atom stereocenters. The first-order valence-electron chi connectivity index (χ1n) is 5.57. The van der Waals surface area contributed by atoms with E-state index in [9.17, 15) is 0 Å². The average molecular weight is 224 g/mol. The summed E-state index contributed by atoms with van der Waals surface area (Å²) in [6, 6.07) is 1.77. The first-order chi connectivity index (χ1) is 7.72. The zero-order valence-corrected chi connectivity index (χ0v) is 10.2. The van der Waals surface area contributed by atoms with Gasteiger partial charge in [-0.3, -0.25) is 0 Å². The number of hydrogen-bond acceptors (Lipinski definition) is 5. The Kier molecular flexibility index (Phi) is 5.56. The molecule has 16 heavy (non-hydrogen) atoms. The molecule has 0 aliphatic carbocycles. The molecule has 1 heterocycles. The van der Waals surface area contributed by atoms with Gasteiger partial charge in [0.25, 0.3) is 0 Å². The predicted octanol–water partition coefficient (Wildman–Crippen LogP) is 1.24. The molecule has 5 nitrogen and oxygen atoms in total. The van der Waals surface area contributed by atoms with E-state index in [-0.39, 0.29) is 0 Å². The lowest BCUT2D eigenvalue weighted by atomic mass is 10.5. The molecule has 0 unspecified atom stereocenters. The van der Waals surface area contributed by atoms with Crippen molar-refractivity contribution >= 4 is 5.95 Å². The van der Waals surface area contributed by atoms with Crippen LogP contribution < -0.4 is 10.1 Å². The van der Waals surface area contributed by atoms with Crippen molar-refractivity contribution in [2.24, 2.45) is 0 Å². The van der Waals surface area contributed by atoms with Crippen molar-refractivity contribution in [2.75, 3.05) is 39.1 Å². The van der Waals surface area contributed by atoms with Crippen LogP contribution in [-0.2, 0) is 0 Å². The van der Waals surface area contributed by atoms with Crippen LogP contribution in [0.15, 0.2) is 12.3 Å². The van der Waals surface area contributed by atoms with Crippen LogP contribution in [0.25, 0.3) is 0 Å². The van der Waals surface area contributed by atoms with E-state index in [1.807, 2.05) is 14.1 Å². The number of aromatic nitrogens is 2. The van der Waals surface area contributed by atoms with E-state index < -0.39 is 0 Å². The summed E-state index contributed by atoms with van der Waals surface area (Å²) in [5.74, 6) is 1.25. The average Bonchev–Trinajstić information content (AvgIpc) is 2.26. The van der Waals surface area contributed by atoms with Crippen molar-refractivity contribution in [3.63, 3.8) is 0 Å². The molecule has 1 aromatic heterocycles. The Bertz CT molecular complexity index is 304. The Balaban J connectivity index is 2.40. The van der Waals surface area contributed by atoms with Crippen molar-refractivity contribution in [3.05, 3.63) is 12.3 Å². The molecule has 0 aliphatic rings. The van der Waals surface area contributed by atoms with Crippen LogP contribution in [0.5, 0.6) is 5.88 Å². The molecule has 5 heteroatoms. The van der Waals surface area contributed by atoms with Gasteiger partial charge in [-0.15, -0.1) is 0 Å². The molecule has 0 spiro atoms. The molecule has 90 valence electrons. The lowest BCUT2D eigenvalue weighted by Crippen LogP contribution is -2.21. The minimum Gasteiger partial charge on any atom is -0.478 e. The van der Waals surface area contributed by atoms with Gasteiger partial charge in [-0.2, -0.15) is 4.98 Å². The maximum Gasteiger partial charge on any atom is 0.225 e. The lowest BCUT2D eigenvalue weighted by molar-refractivity contribution is 0.305. The summed E-state index contributed by atoms with van der Waals surface area (Å²) in [6.45, 7) is 4.53.